The number of nitrogens with zero attached hydrogens (tertiary/aromatic N) is 2. The van der Waals surface area contributed by atoms with Crippen molar-refractivity contribution in [3.05, 3.63) is 41.5 Å². The number of amides is 2. The van der Waals surface area contributed by atoms with Crippen molar-refractivity contribution in [1.82, 2.24) is 14.2 Å². The molecule has 1 aromatic heterocycles. The monoisotopic (exact) mass is 508 g/mol. The smallest absolute Gasteiger partial charge is 0.410 e. The van der Waals surface area contributed by atoms with Gasteiger partial charge in [-0.1, -0.05) is 0 Å². The van der Waals surface area contributed by atoms with Crippen molar-refractivity contribution in [3.8, 4) is 5.75 Å². The number of sulfonamides is 1. The quantitative estimate of drug-likeness (QED) is 0.644. The maximum absolute atomic E-state index is 13.6. The van der Waals surface area contributed by atoms with Gasteiger partial charge in [-0.25, -0.2) is 22.3 Å². The van der Waals surface area contributed by atoms with E-state index in [1.807, 2.05) is 0 Å². The molecule has 2 aliphatic heterocycles. The number of ether oxygens (including phenoxy) is 2. The third kappa shape index (κ3) is 5.13. The third-order valence-electron chi connectivity index (χ3n) is 5.86. The van der Waals surface area contributed by atoms with Crippen LogP contribution in [0.2, 0.25) is 0 Å². The molecule has 2 aliphatic rings. The summed E-state index contributed by atoms with van der Waals surface area (Å²) in [6, 6.07) is 3.57. The Kier molecular flexibility index (Phi) is 6.30. The summed E-state index contributed by atoms with van der Waals surface area (Å²) in [4.78, 5) is 26.9. The van der Waals surface area contributed by atoms with Crippen molar-refractivity contribution < 1.29 is 31.9 Å². The molecule has 0 aliphatic carbocycles. The van der Waals surface area contributed by atoms with Crippen molar-refractivity contribution in [1.29, 1.82) is 0 Å². The van der Waals surface area contributed by atoms with Crippen LogP contribution in [0.25, 0.3) is 0 Å². The molecule has 3 heterocycles. The van der Waals surface area contributed by atoms with E-state index in [0.717, 1.165) is 0 Å². The molecule has 4 rings (SSSR count). The molecule has 2 aromatic rings. The van der Waals surface area contributed by atoms with Crippen LogP contribution in [-0.4, -0.2) is 61.2 Å². The number of benzene rings is 1. The molecule has 0 bridgehead atoms. The molecule has 12 heteroatoms. The summed E-state index contributed by atoms with van der Waals surface area (Å²) >= 11 is 0. The standard InChI is InChI=1S/C23H29FN4O6S/c1-13-8-15(6-7-16(13)24)25-21(29)19-20-18(11-27(19)5)35(31,32)26-17-10-28(9-14(17)12-33-20)22(30)34-23(2,3)4/h6-8,11,14,17,26H,9-10,12H2,1-5H3,(H,25,29)/t14-,17-/m0/s1. The van der Waals surface area contributed by atoms with Gasteiger partial charge in [-0.3, -0.25) is 4.79 Å². The van der Waals surface area contributed by atoms with Crippen LogP contribution in [-0.2, 0) is 21.8 Å². The van der Waals surface area contributed by atoms with Gasteiger partial charge >= 0.3 is 6.09 Å². The Hall–Kier alpha value is -3.12. The predicted molar refractivity (Wildman–Crippen MR) is 125 cm³/mol. The van der Waals surface area contributed by atoms with E-state index in [4.69, 9.17) is 9.47 Å². The van der Waals surface area contributed by atoms with E-state index in [9.17, 15) is 22.4 Å². The second-order valence-electron chi connectivity index (χ2n) is 9.88. The number of hydrogen-bond acceptors (Lipinski definition) is 6. The molecular weight excluding hydrogens is 479 g/mol. The van der Waals surface area contributed by atoms with E-state index < -0.39 is 39.5 Å². The number of aromatic nitrogens is 1. The van der Waals surface area contributed by atoms with Crippen molar-refractivity contribution in [2.75, 3.05) is 25.0 Å². The maximum atomic E-state index is 13.6. The number of aryl methyl sites for hydroxylation is 2. The molecule has 190 valence electrons. The van der Waals surface area contributed by atoms with Gasteiger partial charge in [0.15, 0.2) is 11.4 Å². The summed E-state index contributed by atoms with van der Waals surface area (Å²) in [6.45, 7) is 7.30. The van der Waals surface area contributed by atoms with E-state index >= 15 is 0 Å². The Bertz CT molecular complexity index is 1280. The average molecular weight is 509 g/mol. The topological polar surface area (TPSA) is 119 Å². The molecule has 2 amide bonds. The number of likely N-dealkylation sites (tertiary alicyclic amines) is 1. The van der Waals surface area contributed by atoms with Gasteiger partial charge in [0, 0.05) is 44.0 Å². The number of halogens is 1. The van der Waals surface area contributed by atoms with Gasteiger partial charge in [0.1, 0.15) is 16.3 Å². The van der Waals surface area contributed by atoms with Crippen LogP contribution in [0.5, 0.6) is 5.75 Å². The normalized spacial score (nSPS) is 21.3. The van der Waals surface area contributed by atoms with Gasteiger partial charge in [0.25, 0.3) is 5.91 Å². The molecule has 1 fully saturated rings. The number of hydrogen-bond donors (Lipinski definition) is 2. The summed E-state index contributed by atoms with van der Waals surface area (Å²) < 4.78 is 55.4. The fourth-order valence-corrected chi connectivity index (χ4v) is 5.67. The summed E-state index contributed by atoms with van der Waals surface area (Å²) in [7, 11) is -2.52. The Balaban J connectivity index is 1.59. The zero-order chi connectivity index (χ0) is 25.7. The molecule has 2 N–H and O–H groups in total. The van der Waals surface area contributed by atoms with Crippen molar-refractivity contribution in [2.24, 2.45) is 13.0 Å². The van der Waals surface area contributed by atoms with Crippen LogP contribution in [0, 0.1) is 18.7 Å². The number of carbonyl (C=O) groups excluding carboxylic acids is 2. The van der Waals surface area contributed by atoms with Crippen molar-refractivity contribution in [3.63, 3.8) is 0 Å². The Morgan fingerprint density at radius 1 is 1.26 bits per heavy atom. The molecule has 0 unspecified atom stereocenters. The molecule has 0 spiro atoms. The number of anilines is 1. The lowest BCUT2D eigenvalue weighted by Crippen LogP contribution is -2.44. The molecule has 35 heavy (non-hydrogen) atoms. The summed E-state index contributed by atoms with van der Waals surface area (Å²) in [5, 5.41) is 2.67. The minimum Gasteiger partial charge on any atom is -0.489 e. The zero-order valence-electron chi connectivity index (χ0n) is 20.2. The molecule has 0 radical (unpaired) electrons. The Labute approximate surface area is 203 Å². The third-order valence-corrected chi connectivity index (χ3v) is 7.35. The predicted octanol–water partition coefficient (Wildman–Crippen LogP) is 2.63. The average Bonchev–Trinajstić information content (AvgIpc) is 3.27. The van der Waals surface area contributed by atoms with E-state index in [0.29, 0.717) is 11.3 Å². The minimum absolute atomic E-state index is 0.00722. The Morgan fingerprint density at radius 2 is 1.97 bits per heavy atom. The minimum atomic E-state index is -4.06. The summed E-state index contributed by atoms with van der Waals surface area (Å²) in [5.74, 6) is -1.43. The van der Waals surface area contributed by atoms with Crippen LogP contribution in [0.3, 0.4) is 0 Å². The number of fused-ring (bicyclic) bond motifs is 2. The van der Waals surface area contributed by atoms with Crippen LogP contribution in [0.4, 0.5) is 14.9 Å². The fourth-order valence-electron chi connectivity index (χ4n) is 4.19. The molecular formula is C23H29FN4O6S. The highest BCUT2D eigenvalue weighted by molar-refractivity contribution is 7.89. The molecule has 2 atom stereocenters. The van der Waals surface area contributed by atoms with Gasteiger partial charge in [-0.05, 0) is 51.5 Å². The van der Waals surface area contributed by atoms with Crippen LogP contribution in [0.1, 0.15) is 36.8 Å². The molecule has 1 saturated heterocycles. The first-order valence-corrected chi connectivity index (χ1v) is 12.6. The lowest BCUT2D eigenvalue weighted by molar-refractivity contribution is 0.0283. The molecule has 10 nitrogen and oxygen atoms in total. The van der Waals surface area contributed by atoms with Crippen LogP contribution >= 0.6 is 0 Å². The van der Waals surface area contributed by atoms with Crippen LogP contribution in [0.15, 0.2) is 29.3 Å². The highest BCUT2D eigenvalue weighted by Gasteiger charge is 2.43. The van der Waals surface area contributed by atoms with Gasteiger partial charge < -0.3 is 24.3 Å². The van der Waals surface area contributed by atoms with Crippen LogP contribution < -0.4 is 14.8 Å². The first kappa shape index (κ1) is 25.0. The number of rotatable bonds is 2. The van der Waals surface area contributed by atoms with E-state index in [1.165, 1.54) is 33.9 Å². The van der Waals surface area contributed by atoms with E-state index in [-0.39, 0.29) is 42.0 Å². The van der Waals surface area contributed by atoms with E-state index in [1.54, 1.807) is 34.7 Å². The first-order valence-electron chi connectivity index (χ1n) is 11.1. The van der Waals surface area contributed by atoms with E-state index in [2.05, 4.69) is 10.0 Å². The van der Waals surface area contributed by atoms with Gasteiger partial charge in [0.05, 0.1) is 6.61 Å². The highest BCUT2D eigenvalue weighted by Crippen LogP contribution is 2.35. The maximum Gasteiger partial charge on any atom is 0.410 e. The first-order chi connectivity index (χ1) is 16.2. The number of carbonyl (C=O) groups is 2. The van der Waals surface area contributed by atoms with Gasteiger partial charge in [-0.2, -0.15) is 0 Å². The zero-order valence-corrected chi connectivity index (χ0v) is 21.0. The molecule has 1 aromatic carbocycles. The summed E-state index contributed by atoms with van der Waals surface area (Å²) in [5.41, 5.74) is 0.0409. The highest BCUT2D eigenvalue weighted by atomic mass is 32.2. The Morgan fingerprint density at radius 3 is 2.63 bits per heavy atom. The summed E-state index contributed by atoms with van der Waals surface area (Å²) in [6.07, 6.45) is 0.778. The largest absolute Gasteiger partial charge is 0.489 e. The fraction of sp³-hybridized carbons (Fsp3) is 0.478. The SMILES string of the molecule is Cc1cc(NC(=O)c2c3c(cn2C)S(=O)(=O)N[C@H]2CN(C(=O)OC(C)(C)C)C[C@H]2CO3)ccc1F. The lowest BCUT2D eigenvalue weighted by Gasteiger charge is -2.24. The second kappa shape index (κ2) is 8.83. The van der Waals surface area contributed by atoms with Crippen molar-refractivity contribution in [2.45, 2.75) is 44.2 Å². The van der Waals surface area contributed by atoms with Gasteiger partial charge in [0.2, 0.25) is 10.0 Å². The molecule has 0 saturated carbocycles. The van der Waals surface area contributed by atoms with Crippen molar-refractivity contribution >= 4 is 27.7 Å². The second-order valence-corrected chi connectivity index (χ2v) is 11.6. The lowest BCUT2D eigenvalue weighted by atomic mass is 10.1. The number of nitrogens with one attached hydrogen (secondary N) is 2. The van der Waals surface area contributed by atoms with Gasteiger partial charge in [-0.15, -0.1) is 0 Å².